The van der Waals surface area contributed by atoms with Gasteiger partial charge in [0.05, 0.1) is 17.2 Å². The summed E-state index contributed by atoms with van der Waals surface area (Å²) in [6.07, 6.45) is 0.365. The van der Waals surface area contributed by atoms with Gasteiger partial charge in [0.25, 0.3) is 10.0 Å². The van der Waals surface area contributed by atoms with Crippen LogP contribution in [0.15, 0.2) is 77.7 Å². The van der Waals surface area contributed by atoms with Gasteiger partial charge >= 0.3 is 0 Å². The molecule has 0 heterocycles. The van der Waals surface area contributed by atoms with Gasteiger partial charge in [-0.3, -0.25) is 13.9 Å². The predicted molar refractivity (Wildman–Crippen MR) is 158 cm³/mol. The highest BCUT2D eigenvalue weighted by Crippen LogP contribution is 2.33. The summed E-state index contributed by atoms with van der Waals surface area (Å²) in [5, 5.41) is 2.81. The molecule has 0 saturated carbocycles. The first-order valence-corrected chi connectivity index (χ1v) is 15.0. The van der Waals surface area contributed by atoms with Crippen molar-refractivity contribution in [2.75, 3.05) is 24.0 Å². The van der Waals surface area contributed by atoms with Crippen LogP contribution in [0, 0.1) is 13.8 Å². The van der Waals surface area contributed by atoms with E-state index in [9.17, 15) is 18.0 Å². The first-order valence-electron chi connectivity index (χ1n) is 13.6. The normalized spacial score (nSPS) is 11.9. The van der Waals surface area contributed by atoms with Crippen molar-refractivity contribution in [3.63, 3.8) is 0 Å². The zero-order valence-electron chi connectivity index (χ0n) is 23.9. The van der Waals surface area contributed by atoms with Crippen LogP contribution in [0.3, 0.4) is 0 Å². The minimum Gasteiger partial charge on any atom is -0.492 e. The topological polar surface area (TPSA) is 96.0 Å². The summed E-state index contributed by atoms with van der Waals surface area (Å²) in [6.45, 7) is 9.68. The molecule has 214 valence electrons. The second kappa shape index (κ2) is 14.0. The molecule has 0 aliphatic heterocycles. The smallest absolute Gasteiger partial charge is 0.264 e. The van der Waals surface area contributed by atoms with Crippen LogP contribution in [0.5, 0.6) is 5.75 Å². The number of carbonyl (C=O) groups is 2. The van der Waals surface area contributed by atoms with Crippen molar-refractivity contribution in [3.05, 3.63) is 89.5 Å². The summed E-state index contributed by atoms with van der Waals surface area (Å²) in [5.74, 6) is -0.442. The quantitative estimate of drug-likeness (QED) is 0.320. The minimum atomic E-state index is -4.18. The van der Waals surface area contributed by atoms with Crippen molar-refractivity contribution < 1.29 is 22.7 Å². The Morgan fingerprint density at radius 3 is 2.05 bits per heavy atom. The highest BCUT2D eigenvalue weighted by Gasteiger charge is 2.34. The third-order valence-corrected chi connectivity index (χ3v) is 8.31. The van der Waals surface area contributed by atoms with Gasteiger partial charge in [0.1, 0.15) is 18.3 Å². The molecule has 1 unspecified atom stereocenters. The number of sulfonamides is 1. The lowest BCUT2D eigenvalue weighted by atomic mass is 10.1. The molecule has 8 nitrogen and oxygen atoms in total. The number of rotatable bonds is 13. The van der Waals surface area contributed by atoms with E-state index >= 15 is 0 Å². The number of amides is 2. The SMILES string of the molecule is CCNC(=O)C(CC)N(Cc1ccc(C)cc1)C(=O)CN(c1ccccc1OCC)S(=O)(=O)c1ccc(C)cc1. The lowest BCUT2D eigenvalue weighted by molar-refractivity contribution is -0.140. The van der Waals surface area contributed by atoms with Crippen LogP contribution in [0.1, 0.15) is 43.9 Å². The van der Waals surface area contributed by atoms with E-state index in [2.05, 4.69) is 5.32 Å². The van der Waals surface area contributed by atoms with Gasteiger partial charge in [-0.15, -0.1) is 0 Å². The fourth-order valence-electron chi connectivity index (χ4n) is 4.39. The van der Waals surface area contributed by atoms with Crippen LogP contribution in [0.2, 0.25) is 0 Å². The molecule has 1 atom stereocenters. The van der Waals surface area contributed by atoms with E-state index in [1.54, 1.807) is 36.4 Å². The standard InChI is InChI=1S/C31H39N3O5S/c1-6-27(31(36)32-7-2)33(21-25-17-13-23(4)14-18-25)30(35)22-34(28-11-9-10-12-29(28)39-8-3)40(37,38)26-19-15-24(5)16-20-26/h9-20,27H,6-8,21-22H2,1-5H3,(H,32,36). The third-order valence-electron chi connectivity index (χ3n) is 6.53. The highest BCUT2D eigenvalue weighted by atomic mass is 32.2. The van der Waals surface area contributed by atoms with Crippen LogP contribution >= 0.6 is 0 Å². The van der Waals surface area contributed by atoms with Crippen molar-refractivity contribution in [2.24, 2.45) is 0 Å². The van der Waals surface area contributed by atoms with Crippen LogP contribution in [0.25, 0.3) is 0 Å². The lowest BCUT2D eigenvalue weighted by Crippen LogP contribution is -2.52. The fourth-order valence-corrected chi connectivity index (χ4v) is 5.82. The maximum absolute atomic E-state index is 14.1. The first kappa shape index (κ1) is 30.7. The van der Waals surface area contributed by atoms with E-state index < -0.39 is 28.5 Å². The molecule has 0 aliphatic rings. The predicted octanol–water partition coefficient (Wildman–Crippen LogP) is 4.84. The van der Waals surface area contributed by atoms with Gasteiger partial charge in [0, 0.05) is 13.1 Å². The summed E-state index contributed by atoms with van der Waals surface area (Å²) in [4.78, 5) is 28.7. The summed E-state index contributed by atoms with van der Waals surface area (Å²) >= 11 is 0. The maximum Gasteiger partial charge on any atom is 0.264 e. The number of aryl methyl sites for hydroxylation is 2. The average Bonchev–Trinajstić information content (AvgIpc) is 2.93. The molecule has 3 aromatic rings. The zero-order chi connectivity index (χ0) is 29.3. The molecule has 3 rings (SSSR count). The molecule has 40 heavy (non-hydrogen) atoms. The van der Waals surface area contributed by atoms with Crippen LogP contribution in [-0.2, 0) is 26.2 Å². The molecule has 1 N–H and O–H groups in total. The molecule has 3 aromatic carbocycles. The van der Waals surface area contributed by atoms with Gasteiger partial charge in [-0.05, 0) is 63.9 Å². The van der Waals surface area contributed by atoms with Crippen molar-refractivity contribution in [3.8, 4) is 5.75 Å². The Balaban J connectivity index is 2.10. The second-order valence-electron chi connectivity index (χ2n) is 9.55. The van der Waals surface area contributed by atoms with E-state index in [0.29, 0.717) is 25.3 Å². The molecule has 0 aromatic heterocycles. The molecule has 0 saturated heterocycles. The van der Waals surface area contributed by atoms with E-state index in [0.717, 1.165) is 21.0 Å². The summed E-state index contributed by atoms with van der Waals surface area (Å²) in [7, 11) is -4.18. The zero-order valence-corrected chi connectivity index (χ0v) is 24.7. The Kier molecular flexibility index (Phi) is 10.7. The molecule has 2 amide bonds. The maximum atomic E-state index is 14.1. The lowest BCUT2D eigenvalue weighted by Gasteiger charge is -2.33. The number of benzene rings is 3. The van der Waals surface area contributed by atoms with E-state index in [4.69, 9.17) is 4.74 Å². The Morgan fingerprint density at radius 1 is 0.875 bits per heavy atom. The van der Waals surface area contributed by atoms with Gasteiger partial charge in [0.15, 0.2) is 0 Å². The molecule has 0 fully saturated rings. The van der Waals surface area contributed by atoms with E-state index in [1.807, 2.05) is 58.9 Å². The summed E-state index contributed by atoms with van der Waals surface area (Å²) in [5.41, 5.74) is 3.07. The molecule has 9 heteroatoms. The van der Waals surface area contributed by atoms with Gasteiger partial charge in [-0.2, -0.15) is 0 Å². The van der Waals surface area contributed by atoms with Crippen molar-refractivity contribution in [1.82, 2.24) is 10.2 Å². The number of para-hydroxylation sites is 2. The Bertz CT molecular complexity index is 1390. The minimum absolute atomic E-state index is 0.0538. The molecular weight excluding hydrogens is 526 g/mol. The Labute approximate surface area is 238 Å². The summed E-state index contributed by atoms with van der Waals surface area (Å²) in [6, 6.07) is 20.2. The fraction of sp³-hybridized carbons (Fsp3) is 0.355. The number of nitrogens with one attached hydrogen (secondary N) is 1. The molecule has 0 radical (unpaired) electrons. The average molecular weight is 566 g/mol. The number of hydrogen-bond donors (Lipinski definition) is 1. The molecule has 0 spiro atoms. The van der Waals surface area contributed by atoms with Gasteiger partial charge in [0.2, 0.25) is 11.8 Å². The number of likely N-dealkylation sites (N-methyl/N-ethyl adjacent to an activating group) is 1. The second-order valence-corrected chi connectivity index (χ2v) is 11.4. The van der Waals surface area contributed by atoms with Crippen LogP contribution in [0.4, 0.5) is 5.69 Å². The molecular formula is C31H39N3O5S. The number of ether oxygens (including phenoxy) is 1. The third kappa shape index (κ3) is 7.41. The van der Waals surface area contributed by atoms with E-state index in [1.165, 1.54) is 17.0 Å². The molecule has 0 aliphatic carbocycles. The number of nitrogens with zero attached hydrogens (tertiary/aromatic N) is 2. The van der Waals surface area contributed by atoms with E-state index in [-0.39, 0.29) is 23.0 Å². The summed E-state index contributed by atoms with van der Waals surface area (Å²) < 4.78 is 34.9. The number of carbonyl (C=O) groups excluding carboxylic acids is 2. The van der Waals surface area contributed by atoms with Gasteiger partial charge in [-0.1, -0.05) is 66.6 Å². The van der Waals surface area contributed by atoms with Gasteiger partial charge in [-0.25, -0.2) is 8.42 Å². The van der Waals surface area contributed by atoms with Crippen molar-refractivity contribution >= 4 is 27.5 Å². The number of hydrogen-bond acceptors (Lipinski definition) is 5. The van der Waals surface area contributed by atoms with Gasteiger partial charge < -0.3 is 15.0 Å². The molecule has 0 bridgehead atoms. The largest absolute Gasteiger partial charge is 0.492 e. The highest BCUT2D eigenvalue weighted by molar-refractivity contribution is 7.92. The monoisotopic (exact) mass is 565 g/mol. The first-order chi connectivity index (χ1) is 19.1. The van der Waals surface area contributed by atoms with Crippen LogP contribution in [-0.4, -0.2) is 50.9 Å². The Hall–Kier alpha value is -3.85. The Morgan fingerprint density at radius 2 is 1.48 bits per heavy atom. The van der Waals surface area contributed by atoms with Crippen molar-refractivity contribution in [1.29, 1.82) is 0 Å². The number of anilines is 1. The van der Waals surface area contributed by atoms with Crippen LogP contribution < -0.4 is 14.4 Å². The van der Waals surface area contributed by atoms with Crippen molar-refractivity contribution in [2.45, 2.75) is 58.5 Å².